The quantitative estimate of drug-likeness (QED) is 0.687. The average Bonchev–Trinajstić information content (AvgIpc) is 2.44. The highest BCUT2D eigenvalue weighted by molar-refractivity contribution is 9.10. The van der Waals surface area contributed by atoms with Crippen LogP contribution in [-0.4, -0.2) is 33.9 Å². The lowest BCUT2D eigenvalue weighted by Gasteiger charge is -2.26. The standard InChI is InChI=1S/C16H27BrN2O/c1-5-9-18-13(2)15-8-7-14(17)12-16(15)19(3)10-6-11-20-4/h7-8,12-13,18H,5-6,9-11H2,1-4H3. The van der Waals surface area contributed by atoms with E-state index >= 15 is 0 Å². The summed E-state index contributed by atoms with van der Waals surface area (Å²) in [7, 11) is 3.90. The Labute approximate surface area is 131 Å². The van der Waals surface area contributed by atoms with Crippen LogP contribution in [-0.2, 0) is 4.74 Å². The molecule has 20 heavy (non-hydrogen) atoms. The van der Waals surface area contributed by atoms with Gasteiger partial charge in [0.05, 0.1) is 0 Å². The van der Waals surface area contributed by atoms with Crippen LogP contribution in [0.3, 0.4) is 0 Å². The monoisotopic (exact) mass is 342 g/mol. The summed E-state index contributed by atoms with van der Waals surface area (Å²) < 4.78 is 6.26. The Balaban J connectivity index is 2.83. The van der Waals surface area contributed by atoms with E-state index in [1.165, 1.54) is 11.3 Å². The van der Waals surface area contributed by atoms with E-state index in [2.05, 4.69) is 65.2 Å². The molecule has 1 N–H and O–H groups in total. The Morgan fingerprint density at radius 1 is 1.40 bits per heavy atom. The summed E-state index contributed by atoms with van der Waals surface area (Å²) in [6.45, 7) is 7.27. The number of anilines is 1. The number of nitrogens with zero attached hydrogens (tertiary/aromatic N) is 1. The predicted molar refractivity (Wildman–Crippen MR) is 90.6 cm³/mol. The average molecular weight is 343 g/mol. The van der Waals surface area contributed by atoms with Crippen molar-refractivity contribution in [3.63, 3.8) is 0 Å². The molecular weight excluding hydrogens is 316 g/mol. The van der Waals surface area contributed by atoms with Crippen molar-refractivity contribution in [2.45, 2.75) is 32.7 Å². The van der Waals surface area contributed by atoms with E-state index in [9.17, 15) is 0 Å². The molecule has 0 heterocycles. The molecule has 1 aromatic rings. The van der Waals surface area contributed by atoms with Crippen molar-refractivity contribution in [1.29, 1.82) is 0 Å². The molecule has 0 aliphatic rings. The zero-order valence-corrected chi connectivity index (χ0v) is 14.7. The highest BCUT2D eigenvalue weighted by Crippen LogP contribution is 2.29. The number of hydrogen-bond donors (Lipinski definition) is 1. The van der Waals surface area contributed by atoms with E-state index in [0.29, 0.717) is 6.04 Å². The molecule has 0 aromatic heterocycles. The third-order valence-electron chi connectivity index (χ3n) is 3.41. The third-order valence-corrected chi connectivity index (χ3v) is 3.91. The summed E-state index contributed by atoms with van der Waals surface area (Å²) in [6.07, 6.45) is 2.19. The van der Waals surface area contributed by atoms with Gasteiger partial charge in [-0.25, -0.2) is 0 Å². The zero-order chi connectivity index (χ0) is 15.0. The van der Waals surface area contributed by atoms with Crippen LogP contribution < -0.4 is 10.2 Å². The van der Waals surface area contributed by atoms with E-state index in [-0.39, 0.29) is 0 Å². The maximum atomic E-state index is 5.13. The summed E-state index contributed by atoms with van der Waals surface area (Å²) in [5.74, 6) is 0. The summed E-state index contributed by atoms with van der Waals surface area (Å²) in [6, 6.07) is 6.89. The molecule has 0 aliphatic carbocycles. The smallest absolute Gasteiger partial charge is 0.0479 e. The van der Waals surface area contributed by atoms with Crippen LogP contribution in [0.2, 0.25) is 0 Å². The van der Waals surface area contributed by atoms with Gasteiger partial charge < -0.3 is 15.0 Å². The Bertz CT molecular complexity index is 398. The molecule has 114 valence electrons. The summed E-state index contributed by atoms with van der Waals surface area (Å²) in [4.78, 5) is 2.31. The van der Waals surface area contributed by atoms with E-state index in [4.69, 9.17) is 4.74 Å². The lowest BCUT2D eigenvalue weighted by atomic mass is 10.0. The SMILES string of the molecule is CCCNC(C)c1ccc(Br)cc1N(C)CCCOC. The van der Waals surface area contributed by atoms with E-state index in [0.717, 1.165) is 37.0 Å². The molecule has 1 rings (SSSR count). The number of halogens is 1. The Morgan fingerprint density at radius 2 is 2.15 bits per heavy atom. The van der Waals surface area contributed by atoms with Crippen molar-refractivity contribution in [3.8, 4) is 0 Å². The molecule has 0 aliphatic heterocycles. The summed E-state index contributed by atoms with van der Waals surface area (Å²) in [5, 5.41) is 3.56. The molecule has 1 aromatic carbocycles. The molecule has 1 atom stereocenters. The number of ether oxygens (including phenoxy) is 1. The molecule has 4 heteroatoms. The van der Waals surface area contributed by atoms with Crippen molar-refractivity contribution in [2.24, 2.45) is 0 Å². The first-order valence-corrected chi connectivity index (χ1v) is 8.12. The first-order valence-electron chi connectivity index (χ1n) is 7.33. The van der Waals surface area contributed by atoms with Crippen molar-refractivity contribution < 1.29 is 4.74 Å². The van der Waals surface area contributed by atoms with Crippen LogP contribution in [0.5, 0.6) is 0 Å². The number of rotatable bonds is 9. The number of hydrogen-bond acceptors (Lipinski definition) is 3. The van der Waals surface area contributed by atoms with Crippen molar-refractivity contribution in [3.05, 3.63) is 28.2 Å². The van der Waals surface area contributed by atoms with Gasteiger partial charge in [0.2, 0.25) is 0 Å². The second-order valence-electron chi connectivity index (χ2n) is 5.15. The van der Waals surface area contributed by atoms with Crippen LogP contribution in [0.15, 0.2) is 22.7 Å². The van der Waals surface area contributed by atoms with Gasteiger partial charge in [0.15, 0.2) is 0 Å². The van der Waals surface area contributed by atoms with Crippen molar-refractivity contribution >= 4 is 21.6 Å². The molecule has 0 bridgehead atoms. The fourth-order valence-corrected chi connectivity index (χ4v) is 2.60. The second kappa shape index (κ2) is 9.37. The first-order chi connectivity index (χ1) is 9.60. The Kier molecular flexibility index (Phi) is 8.19. The Hall–Kier alpha value is -0.580. The lowest BCUT2D eigenvalue weighted by molar-refractivity contribution is 0.196. The minimum absolute atomic E-state index is 0.364. The third kappa shape index (κ3) is 5.43. The highest BCUT2D eigenvalue weighted by Gasteiger charge is 2.13. The van der Waals surface area contributed by atoms with Gasteiger partial charge in [-0.1, -0.05) is 28.9 Å². The predicted octanol–water partition coefficient (Wildman–Crippen LogP) is 3.98. The number of methoxy groups -OCH3 is 1. The second-order valence-corrected chi connectivity index (χ2v) is 6.06. The molecule has 0 amide bonds. The zero-order valence-electron chi connectivity index (χ0n) is 13.1. The number of benzene rings is 1. The highest BCUT2D eigenvalue weighted by atomic mass is 79.9. The van der Waals surface area contributed by atoms with Gasteiger partial charge in [0.25, 0.3) is 0 Å². The lowest BCUT2D eigenvalue weighted by Crippen LogP contribution is -2.25. The van der Waals surface area contributed by atoms with Crippen LogP contribution >= 0.6 is 15.9 Å². The van der Waals surface area contributed by atoms with Gasteiger partial charge in [-0.2, -0.15) is 0 Å². The maximum Gasteiger partial charge on any atom is 0.0479 e. The normalized spacial score (nSPS) is 12.4. The Morgan fingerprint density at radius 3 is 2.80 bits per heavy atom. The van der Waals surface area contributed by atoms with Gasteiger partial charge in [-0.15, -0.1) is 0 Å². The molecule has 0 saturated carbocycles. The van der Waals surface area contributed by atoms with Gasteiger partial charge in [0.1, 0.15) is 0 Å². The minimum Gasteiger partial charge on any atom is -0.385 e. The first kappa shape index (κ1) is 17.5. The van der Waals surface area contributed by atoms with Gasteiger partial charge in [-0.3, -0.25) is 0 Å². The fourth-order valence-electron chi connectivity index (χ4n) is 2.25. The van der Waals surface area contributed by atoms with Crippen LogP contribution in [0.25, 0.3) is 0 Å². The van der Waals surface area contributed by atoms with Crippen LogP contribution in [0.4, 0.5) is 5.69 Å². The maximum absolute atomic E-state index is 5.13. The minimum atomic E-state index is 0.364. The van der Waals surface area contributed by atoms with Crippen LogP contribution in [0, 0.1) is 0 Å². The van der Waals surface area contributed by atoms with Gasteiger partial charge in [-0.05, 0) is 44.0 Å². The molecule has 0 spiro atoms. The van der Waals surface area contributed by atoms with E-state index in [1.807, 2.05) is 0 Å². The largest absolute Gasteiger partial charge is 0.385 e. The topological polar surface area (TPSA) is 24.5 Å². The molecule has 3 nitrogen and oxygen atoms in total. The van der Waals surface area contributed by atoms with E-state index < -0.39 is 0 Å². The number of nitrogens with one attached hydrogen (secondary N) is 1. The van der Waals surface area contributed by atoms with Gasteiger partial charge in [0, 0.05) is 43.5 Å². The van der Waals surface area contributed by atoms with Crippen molar-refractivity contribution in [1.82, 2.24) is 5.32 Å². The van der Waals surface area contributed by atoms with Gasteiger partial charge >= 0.3 is 0 Å². The fraction of sp³-hybridized carbons (Fsp3) is 0.625. The van der Waals surface area contributed by atoms with E-state index in [1.54, 1.807) is 7.11 Å². The molecule has 0 saturated heterocycles. The molecular formula is C16H27BrN2O. The summed E-state index contributed by atoms with van der Waals surface area (Å²) in [5.41, 5.74) is 2.63. The molecule has 0 fully saturated rings. The molecule has 1 unspecified atom stereocenters. The molecule has 0 radical (unpaired) electrons. The van der Waals surface area contributed by atoms with Crippen molar-refractivity contribution in [2.75, 3.05) is 38.8 Å². The van der Waals surface area contributed by atoms with Crippen LogP contribution in [0.1, 0.15) is 38.3 Å². The summed E-state index contributed by atoms with van der Waals surface area (Å²) >= 11 is 3.58.